The quantitative estimate of drug-likeness (QED) is 0.615. The maximum atomic E-state index is 15.0. The zero-order chi connectivity index (χ0) is 23.1. The van der Waals surface area contributed by atoms with Gasteiger partial charge in [0.1, 0.15) is 5.82 Å². The van der Waals surface area contributed by atoms with E-state index < -0.39 is 0 Å². The maximum Gasteiger partial charge on any atom is 0.227 e. The maximum absolute atomic E-state index is 15.0. The molecule has 9 nitrogen and oxygen atoms in total. The minimum Gasteiger partial charge on any atom is -0.378 e. The van der Waals surface area contributed by atoms with Gasteiger partial charge in [0, 0.05) is 68.1 Å². The van der Waals surface area contributed by atoms with Crippen molar-refractivity contribution >= 4 is 23.3 Å². The van der Waals surface area contributed by atoms with Crippen LogP contribution in [-0.2, 0) is 4.74 Å². The van der Waals surface area contributed by atoms with Crippen molar-refractivity contribution < 1.29 is 9.13 Å². The van der Waals surface area contributed by atoms with Gasteiger partial charge in [-0.05, 0) is 37.7 Å². The molecule has 2 atom stereocenters. The lowest BCUT2D eigenvalue weighted by molar-refractivity contribution is 0.122. The van der Waals surface area contributed by atoms with Crippen molar-refractivity contribution in [3.8, 4) is 11.3 Å². The molecular formula is C24H27FN8O. The SMILES string of the molecule is CN1C[C@@H]2C[C@@H]1CN2c1ccc(Nc2nccc(-c3cnc(N4CCOCC4)nc3)n2)cc1F. The van der Waals surface area contributed by atoms with Gasteiger partial charge >= 0.3 is 0 Å². The van der Waals surface area contributed by atoms with Crippen molar-refractivity contribution in [1.29, 1.82) is 0 Å². The minimum atomic E-state index is -0.233. The lowest BCUT2D eigenvalue weighted by Crippen LogP contribution is -2.44. The minimum absolute atomic E-state index is 0.233. The second kappa shape index (κ2) is 8.77. The number of rotatable bonds is 5. The number of likely N-dealkylation sites (N-methyl/N-ethyl adjacent to an activating group) is 1. The van der Waals surface area contributed by atoms with Gasteiger partial charge in [-0.1, -0.05) is 0 Å². The van der Waals surface area contributed by atoms with E-state index in [1.165, 1.54) is 6.07 Å². The third kappa shape index (κ3) is 4.03. The molecule has 1 N–H and O–H groups in total. The Morgan fingerprint density at radius 3 is 2.56 bits per heavy atom. The molecule has 0 radical (unpaired) electrons. The molecule has 0 spiro atoms. The Morgan fingerprint density at radius 2 is 1.85 bits per heavy atom. The number of halogens is 1. The van der Waals surface area contributed by atoms with Gasteiger partial charge < -0.3 is 19.9 Å². The average Bonchev–Trinajstić information content (AvgIpc) is 3.45. The Bertz CT molecular complexity index is 1170. The lowest BCUT2D eigenvalue weighted by atomic mass is 10.2. The van der Waals surface area contributed by atoms with E-state index in [-0.39, 0.29) is 5.82 Å². The van der Waals surface area contributed by atoms with Crippen LogP contribution in [0.1, 0.15) is 6.42 Å². The first-order valence-corrected chi connectivity index (χ1v) is 11.7. The molecule has 34 heavy (non-hydrogen) atoms. The second-order valence-corrected chi connectivity index (χ2v) is 9.06. The Labute approximate surface area is 197 Å². The number of anilines is 4. The van der Waals surface area contributed by atoms with Gasteiger partial charge in [-0.25, -0.2) is 24.3 Å². The Morgan fingerprint density at radius 1 is 1.03 bits per heavy atom. The van der Waals surface area contributed by atoms with Crippen molar-refractivity contribution in [2.45, 2.75) is 18.5 Å². The normalized spacial score (nSPS) is 22.4. The molecule has 0 aliphatic carbocycles. The summed E-state index contributed by atoms with van der Waals surface area (Å²) in [6.07, 6.45) is 6.30. The van der Waals surface area contributed by atoms with Crippen LogP contribution in [0.2, 0.25) is 0 Å². The third-order valence-electron chi connectivity index (χ3n) is 6.91. The Hall–Kier alpha value is -3.37. The molecule has 3 aliphatic heterocycles. The molecule has 3 aliphatic rings. The number of fused-ring (bicyclic) bond motifs is 2. The summed E-state index contributed by atoms with van der Waals surface area (Å²) >= 11 is 0. The molecule has 0 saturated carbocycles. The summed E-state index contributed by atoms with van der Waals surface area (Å²) in [4.78, 5) is 24.5. The summed E-state index contributed by atoms with van der Waals surface area (Å²) in [6.45, 7) is 4.80. The summed E-state index contributed by atoms with van der Waals surface area (Å²) in [7, 11) is 2.14. The van der Waals surface area contributed by atoms with Crippen molar-refractivity contribution in [2.75, 3.05) is 61.6 Å². The van der Waals surface area contributed by atoms with Crippen molar-refractivity contribution in [3.63, 3.8) is 0 Å². The number of piperazine rings is 1. The molecule has 10 heteroatoms. The van der Waals surface area contributed by atoms with Crippen molar-refractivity contribution in [3.05, 3.63) is 48.7 Å². The highest BCUT2D eigenvalue weighted by Gasteiger charge is 2.42. The smallest absolute Gasteiger partial charge is 0.227 e. The van der Waals surface area contributed by atoms with Crippen LogP contribution >= 0.6 is 0 Å². The highest BCUT2D eigenvalue weighted by molar-refractivity contribution is 5.64. The largest absolute Gasteiger partial charge is 0.378 e. The van der Waals surface area contributed by atoms with Crippen LogP contribution in [-0.4, -0.2) is 83.4 Å². The molecule has 2 bridgehead atoms. The number of likely N-dealkylation sites (tertiary alicyclic amines) is 1. The van der Waals surface area contributed by atoms with E-state index in [0.29, 0.717) is 54.3 Å². The number of hydrogen-bond acceptors (Lipinski definition) is 9. The van der Waals surface area contributed by atoms with E-state index in [9.17, 15) is 4.39 Å². The first-order valence-electron chi connectivity index (χ1n) is 11.7. The second-order valence-electron chi connectivity index (χ2n) is 9.06. The number of aromatic nitrogens is 4. The molecule has 6 rings (SSSR count). The van der Waals surface area contributed by atoms with Gasteiger partial charge in [-0.2, -0.15) is 0 Å². The molecule has 3 aromatic rings. The summed E-state index contributed by atoms with van der Waals surface area (Å²) < 4.78 is 20.4. The molecule has 2 aromatic heterocycles. The molecule has 3 fully saturated rings. The van der Waals surface area contributed by atoms with Crippen LogP contribution < -0.4 is 15.1 Å². The molecular weight excluding hydrogens is 435 g/mol. The number of benzene rings is 1. The van der Waals surface area contributed by atoms with Gasteiger partial charge in [0.15, 0.2) is 0 Å². The van der Waals surface area contributed by atoms with E-state index in [1.807, 2.05) is 12.1 Å². The van der Waals surface area contributed by atoms with E-state index in [0.717, 1.165) is 38.2 Å². The fourth-order valence-corrected chi connectivity index (χ4v) is 5.07. The number of hydrogen-bond donors (Lipinski definition) is 1. The molecule has 1 aromatic carbocycles. The molecule has 176 valence electrons. The van der Waals surface area contributed by atoms with Crippen molar-refractivity contribution in [2.24, 2.45) is 0 Å². The molecule has 3 saturated heterocycles. The van der Waals surface area contributed by atoms with Gasteiger partial charge in [0.2, 0.25) is 11.9 Å². The Kier molecular flexibility index (Phi) is 5.46. The zero-order valence-corrected chi connectivity index (χ0v) is 19.1. The van der Waals surface area contributed by atoms with Gasteiger partial charge in [-0.15, -0.1) is 0 Å². The highest BCUT2D eigenvalue weighted by Crippen LogP contribution is 2.35. The lowest BCUT2D eigenvalue weighted by Gasteiger charge is -2.33. The van der Waals surface area contributed by atoms with Crippen LogP contribution in [0, 0.1) is 5.82 Å². The number of morpholine rings is 1. The molecule has 5 heterocycles. The van der Waals surface area contributed by atoms with E-state index >= 15 is 0 Å². The topological polar surface area (TPSA) is 82.5 Å². The number of nitrogens with one attached hydrogen (secondary N) is 1. The zero-order valence-electron chi connectivity index (χ0n) is 19.1. The predicted molar refractivity (Wildman–Crippen MR) is 128 cm³/mol. The standard InChI is InChI=1S/C24H27FN8O/c1-31-14-19-11-18(31)15-33(19)22-3-2-17(10-20(22)25)29-23-26-5-4-21(30-23)16-12-27-24(28-13-16)32-6-8-34-9-7-32/h2-5,10,12-13,18-19H,6-9,11,14-15H2,1H3,(H,26,29,30)/t18-,19+/m1/s1. The number of ether oxygens (including phenoxy) is 1. The van der Waals surface area contributed by atoms with Crippen LogP contribution in [0.25, 0.3) is 11.3 Å². The van der Waals surface area contributed by atoms with Gasteiger partial charge in [0.25, 0.3) is 0 Å². The van der Waals surface area contributed by atoms with Crippen molar-refractivity contribution in [1.82, 2.24) is 24.8 Å². The summed E-state index contributed by atoms with van der Waals surface area (Å²) in [5, 5.41) is 3.12. The van der Waals surface area contributed by atoms with Crippen LogP contribution in [0.15, 0.2) is 42.9 Å². The third-order valence-corrected chi connectivity index (χ3v) is 6.91. The predicted octanol–water partition coefficient (Wildman–Crippen LogP) is 2.55. The molecule has 0 amide bonds. The summed E-state index contributed by atoms with van der Waals surface area (Å²) in [6, 6.07) is 7.96. The Balaban J connectivity index is 1.16. The molecule has 0 unspecified atom stereocenters. The highest BCUT2D eigenvalue weighted by atomic mass is 19.1. The summed E-state index contributed by atoms with van der Waals surface area (Å²) in [5.74, 6) is 0.847. The van der Waals surface area contributed by atoms with E-state index in [1.54, 1.807) is 24.7 Å². The first kappa shape index (κ1) is 21.2. The monoisotopic (exact) mass is 462 g/mol. The van der Waals surface area contributed by atoms with Crippen LogP contribution in [0.4, 0.5) is 27.7 Å². The van der Waals surface area contributed by atoms with Gasteiger partial charge in [-0.3, -0.25) is 4.90 Å². The summed E-state index contributed by atoms with van der Waals surface area (Å²) in [5.41, 5.74) is 2.76. The van der Waals surface area contributed by atoms with E-state index in [4.69, 9.17) is 4.74 Å². The van der Waals surface area contributed by atoms with Crippen LogP contribution in [0.5, 0.6) is 0 Å². The average molecular weight is 463 g/mol. The fourth-order valence-electron chi connectivity index (χ4n) is 5.07. The van der Waals surface area contributed by atoms with Gasteiger partial charge in [0.05, 0.1) is 24.6 Å². The van der Waals surface area contributed by atoms with E-state index in [2.05, 4.69) is 47.0 Å². The van der Waals surface area contributed by atoms with Crippen LogP contribution in [0.3, 0.4) is 0 Å². The fraction of sp³-hybridized carbons (Fsp3) is 0.417. The first-order chi connectivity index (χ1) is 16.6. The number of nitrogens with zero attached hydrogens (tertiary/aromatic N) is 7.